The van der Waals surface area contributed by atoms with E-state index in [0.29, 0.717) is 18.7 Å². The third kappa shape index (κ3) is 4.96. The molecule has 1 fully saturated rings. The molecule has 0 aliphatic carbocycles. The maximum absolute atomic E-state index is 13.4. The fraction of sp³-hybridized carbons (Fsp3) is 0.296. The molecule has 6 nitrogen and oxygen atoms in total. The maximum Gasteiger partial charge on any atom is 0.272 e. The summed E-state index contributed by atoms with van der Waals surface area (Å²) in [4.78, 5) is 33.9. The molecule has 0 unspecified atom stereocenters. The lowest BCUT2D eigenvalue weighted by molar-refractivity contribution is -0.165. The third-order valence-corrected chi connectivity index (χ3v) is 5.95. The molecule has 170 valence electrons. The summed E-state index contributed by atoms with van der Waals surface area (Å²) in [6, 6.07) is 21.8. The van der Waals surface area contributed by atoms with E-state index in [4.69, 9.17) is 4.74 Å². The maximum atomic E-state index is 13.4. The van der Waals surface area contributed by atoms with Crippen LogP contribution in [-0.4, -0.2) is 66.0 Å². The molecule has 1 aliphatic rings. The molecule has 1 aromatic heterocycles. The Kier molecular flexibility index (Phi) is 6.56. The van der Waals surface area contributed by atoms with E-state index in [1.165, 1.54) is 5.56 Å². The molecular formula is C27H29N3O3. The highest BCUT2D eigenvalue weighted by molar-refractivity contribution is 5.93. The zero-order valence-electron chi connectivity index (χ0n) is 19.3. The Morgan fingerprint density at radius 3 is 2.52 bits per heavy atom. The number of morpholine rings is 1. The molecule has 2 heterocycles. The first-order valence-electron chi connectivity index (χ1n) is 11.1. The number of benzene rings is 2. The van der Waals surface area contributed by atoms with Crippen LogP contribution in [0.5, 0.6) is 0 Å². The van der Waals surface area contributed by atoms with Crippen molar-refractivity contribution in [2.45, 2.75) is 18.9 Å². The second kappa shape index (κ2) is 9.55. The van der Waals surface area contributed by atoms with Crippen LogP contribution in [-0.2, 0) is 16.0 Å². The van der Waals surface area contributed by atoms with Gasteiger partial charge in [0.15, 0.2) is 5.60 Å². The molecule has 1 saturated heterocycles. The number of pyridine rings is 1. The lowest BCUT2D eigenvalue weighted by atomic mass is 9.89. The summed E-state index contributed by atoms with van der Waals surface area (Å²) in [7, 11) is 3.44. The number of amides is 2. The number of ether oxygens (including phenoxy) is 1. The van der Waals surface area contributed by atoms with Crippen molar-refractivity contribution in [2.75, 3.05) is 33.8 Å². The molecule has 2 aromatic carbocycles. The van der Waals surface area contributed by atoms with Crippen molar-refractivity contribution >= 4 is 11.8 Å². The van der Waals surface area contributed by atoms with Gasteiger partial charge < -0.3 is 14.5 Å². The molecule has 0 N–H and O–H groups in total. The van der Waals surface area contributed by atoms with Gasteiger partial charge >= 0.3 is 0 Å². The first kappa shape index (κ1) is 22.7. The predicted octanol–water partition coefficient (Wildman–Crippen LogP) is 3.60. The van der Waals surface area contributed by atoms with Crippen LogP contribution in [0.15, 0.2) is 72.9 Å². The molecule has 0 spiro atoms. The first-order chi connectivity index (χ1) is 15.9. The normalized spacial score (nSPS) is 18.1. The summed E-state index contributed by atoms with van der Waals surface area (Å²) in [6.07, 6.45) is 1.97. The van der Waals surface area contributed by atoms with Gasteiger partial charge in [-0.1, -0.05) is 60.2 Å². The van der Waals surface area contributed by atoms with Crippen molar-refractivity contribution < 1.29 is 14.3 Å². The Labute approximate surface area is 194 Å². The summed E-state index contributed by atoms with van der Waals surface area (Å²) in [5.41, 5.74) is 3.60. The van der Waals surface area contributed by atoms with E-state index in [1.807, 2.05) is 12.1 Å². The average Bonchev–Trinajstić information content (AvgIpc) is 2.84. The Morgan fingerprint density at radius 2 is 1.82 bits per heavy atom. The fourth-order valence-electron chi connectivity index (χ4n) is 4.26. The summed E-state index contributed by atoms with van der Waals surface area (Å²) in [5, 5.41) is 0. The van der Waals surface area contributed by atoms with Crippen molar-refractivity contribution in [1.82, 2.24) is 14.8 Å². The van der Waals surface area contributed by atoms with Gasteiger partial charge in [0.1, 0.15) is 5.69 Å². The number of carbonyl (C=O) groups is 2. The van der Waals surface area contributed by atoms with E-state index < -0.39 is 5.60 Å². The molecule has 2 amide bonds. The lowest BCUT2D eigenvalue weighted by Crippen LogP contribution is -2.61. The second-order valence-corrected chi connectivity index (χ2v) is 8.73. The Morgan fingerprint density at radius 1 is 1.03 bits per heavy atom. The van der Waals surface area contributed by atoms with Crippen LogP contribution in [0, 0.1) is 6.92 Å². The molecule has 1 atom stereocenters. The van der Waals surface area contributed by atoms with Gasteiger partial charge in [0, 0.05) is 33.3 Å². The standard InChI is InChI=1S/C27H29N3O3/c1-20-10-12-22(13-11-20)23-8-6-7-21(17-23)18-27(26(32)29(2)3)19-30(15-16-33-27)25(31)24-9-4-5-14-28-24/h4-14,17H,15-16,18-19H2,1-3H3/t27-/m0/s1. The quantitative estimate of drug-likeness (QED) is 0.605. The van der Waals surface area contributed by atoms with Crippen LogP contribution in [0.25, 0.3) is 11.1 Å². The number of carbonyl (C=O) groups excluding carboxylic acids is 2. The number of nitrogens with zero attached hydrogens (tertiary/aromatic N) is 3. The molecular weight excluding hydrogens is 414 g/mol. The summed E-state index contributed by atoms with van der Waals surface area (Å²) in [6.45, 7) is 2.94. The zero-order chi connectivity index (χ0) is 23.4. The third-order valence-electron chi connectivity index (χ3n) is 5.95. The molecule has 33 heavy (non-hydrogen) atoms. The van der Waals surface area contributed by atoms with Crippen LogP contribution >= 0.6 is 0 Å². The van der Waals surface area contributed by atoms with Gasteiger partial charge in [-0.05, 0) is 35.7 Å². The summed E-state index contributed by atoms with van der Waals surface area (Å²) >= 11 is 0. The Balaban J connectivity index is 1.64. The molecule has 1 aliphatic heterocycles. The highest BCUT2D eigenvalue weighted by Gasteiger charge is 2.46. The van der Waals surface area contributed by atoms with E-state index >= 15 is 0 Å². The minimum atomic E-state index is -1.15. The van der Waals surface area contributed by atoms with Crippen LogP contribution in [0.3, 0.4) is 0 Å². The summed E-state index contributed by atoms with van der Waals surface area (Å²) in [5.74, 6) is -0.343. The van der Waals surface area contributed by atoms with Gasteiger partial charge in [-0.25, -0.2) is 0 Å². The summed E-state index contributed by atoms with van der Waals surface area (Å²) < 4.78 is 6.16. The highest BCUT2D eigenvalue weighted by atomic mass is 16.5. The number of hydrogen-bond donors (Lipinski definition) is 0. The molecule has 6 heteroatoms. The van der Waals surface area contributed by atoms with Crippen LogP contribution in [0.4, 0.5) is 0 Å². The second-order valence-electron chi connectivity index (χ2n) is 8.73. The van der Waals surface area contributed by atoms with Gasteiger partial charge in [-0.15, -0.1) is 0 Å². The Bertz CT molecular complexity index is 1130. The van der Waals surface area contributed by atoms with E-state index in [0.717, 1.165) is 16.7 Å². The van der Waals surface area contributed by atoms with Gasteiger partial charge in [0.25, 0.3) is 11.8 Å². The van der Waals surface area contributed by atoms with Gasteiger partial charge in [0.05, 0.1) is 13.2 Å². The number of aryl methyl sites for hydroxylation is 1. The van der Waals surface area contributed by atoms with Crippen molar-refractivity contribution in [3.8, 4) is 11.1 Å². The number of hydrogen-bond acceptors (Lipinski definition) is 4. The number of aromatic nitrogens is 1. The van der Waals surface area contributed by atoms with E-state index in [1.54, 1.807) is 48.3 Å². The molecule has 0 bridgehead atoms. The minimum absolute atomic E-state index is 0.151. The minimum Gasteiger partial charge on any atom is -0.361 e. The molecule has 4 rings (SSSR count). The average molecular weight is 444 g/mol. The van der Waals surface area contributed by atoms with Gasteiger partial charge in [0.2, 0.25) is 0 Å². The van der Waals surface area contributed by atoms with Crippen molar-refractivity contribution in [1.29, 1.82) is 0 Å². The van der Waals surface area contributed by atoms with Crippen LogP contribution in [0.1, 0.15) is 21.6 Å². The predicted molar refractivity (Wildman–Crippen MR) is 128 cm³/mol. The monoisotopic (exact) mass is 443 g/mol. The van der Waals surface area contributed by atoms with Crippen molar-refractivity contribution in [2.24, 2.45) is 0 Å². The molecule has 0 saturated carbocycles. The van der Waals surface area contributed by atoms with Crippen molar-refractivity contribution in [3.05, 3.63) is 89.7 Å². The molecule has 3 aromatic rings. The van der Waals surface area contributed by atoms with E-state index in [9.17, 15) is 9.59 Å². The number of rotatable bonds is 5. The largest absolute Gasteiger partial charge is 0.361 e. The fourth-order valence-corrected chi connectivity index (χ4v) is 4.26. The smallest absolute Gasteiger partial charge is 0.272 e. The number of likely N-dealkylation sites (N-methyl/N-ethyl adjacent to an activating group) is 1. The van der Waals surface area contributed by atoms with Crippen LogP contribution in [0.2, 0.25) is 0 Å². The highest BCUT2D eigenvalue weighted by Crippen LogP contribution is 2.29. The zero-order valence-corrected chi connectivity index (χ0v) is 19.3. The van der Waals surface area contributed by atoms with E-state index in [2.05, 4.69) is 48.3 Å². The van der Waals surface area contributed by atoms with Crippen molar-refractivity contribution in [3.63, 3.8) is 0 Å². The van der Waals surface area contributed by atoms with E-state index in [-0.39, 0.29) is 25.0 Å². The lowest BCUT2D eigenvalue weighted by Gasteiger charge is -2.42. The van der Waals surface area contributed by atoms with Gasteiger partial charge in [-0.3, -0.25) is 14.6 Å². The SMILES string of the molecule is Cc1ccc(-c2cccc(C[C@@]3(C(=O)N(C)C)CN(C(=O)c4ccccn4)CCO3)c2)cc1. The molecule has 0 radical (unpaired) electrons. The van der Waals surface area contributed by atoms with Crippen LogP contribution < -0.4 is 0 Å². The topological polar surface area (TPSA) is 62.7 Å². The Hall–Kier alpha value is -3.51. The van der Waals surface area contributed by atoms with Gasteiger partial charge in [-0.2, -0.15) is 0 Å². The first-order valence-corrected chi connectivity index (χ1v) is 11.1.